The maximum atomic E-state index is 13.0. The molecule has 0 bridgehead atoms. The quantitative estimate of drug-likeness (QED) is 0.434. The van der Waals surface area contributed by atoms with Crippen molar-refractivity contribution >= 4 is 80.2 Å². The summed E-state index contributed by atoms with van der Waals surface area (Å²) < 4.78 is 65.6. The fraction of sp³-hybridized carbons (Fsp3) is 0.0909. The second-order valence-corrected chi connectivity index (χ2v) is 9.79. The van der Waals surface area contributed by atoms with Crippen LogP contribution in [-0.2, 0) is 16.2 Å². The third-order valence-electron chi connectivity index (χ3n) is 2.92. The summed E-state index contributed by atoms with van der Waals surface area (Å²) in [6.07, 6.45) is -4.64. The zero-order valence-corrected chi connectivity index (χ0v) is 17.4. The van der Waals surface area contributed by atoms with E-state index in [0.717, 1.165) is 17.4 Å². The minimum atomic E-state index is -4.64. The zero-order valence-electron chi connectivity index (χ0n) is 11.0. The fourth-order valence-corrected chi connectivity index (χ4v) is 6.70. The van der Waals surface area contributed by atoms with Crippen LogP contribution in [0, 0.1) is 0 Å². The van der Waals surface area contributed by atoms with Crippen LogP contribution in [0.1, 0.15) is 5.56 Å². The van der Waals surface area contributed by atoms with Crippen LogP contribution in [0.5, 0.6) is 0 Å². The topological polar surface area (TPSA) is 64.8 Å². The van der Waals surface area contributed by atoms with E-state index in [0.29, 0.717) is 14.6 Å². The van der Waals surface area contributed by atoms with E-state index in [9.17, 15) is 21.6 Å². The van der Waals surface area contributed by atoms with Crippen LogP contribution in [0.15, 0.2) is 35.1 Å². The lowest BCUT2D eigenvalue weighted by Gasteiger charge is -2.08. The Hall–Kier alpha value is -0.500. The molecule has 1 aromatic carbocycles. The van der Waals surface area contributed by atoms with E-state index in [-0.39, 0.29) is 24.2 Å². The highest BCUT2D eigenvalue weighted by molar-refractivity contribution is 9.13. The van der Waals surface area contributed by atoms with Gasteiger partial charge in [0.25, 0.3) is 10.0 Å². The van der Waals surface area contributed by atoms with Crippen molar-refractivity contribution in [2.45, 2.75) is 10.4 Å². The first-order chi connectivity index (χ1) is 11.0. The fourth-order valence-electron chi connectivity index (χ4n) is 1.86. The molecule has 0 aliphatic heterocycles. The Morgan fingerprint density at radius 3 is 2.33 bits per heavy atom. The molecule has 0 fully saturated rings. The maximum Gasteiger partial charge on any atom is 0.416 e. The smallest absolute Gasteiger partial charge is 0.198 e. The molecule has 0 amide bonds. The van der Waals surface area contributed by atoms with E-state index in [4.69, 9.17) is 0 Å². The summed E-state index contributed by atoms with van der Waals surface area (Å²) in [6, 6.07) is 1.53. The van der Waals surface area contributed by atoms with Gasteiger partial charge in [-0.2, -0.15) is 21.6 Å². The summed E-state index contributed by atoms with van der Waals surface area (Å²) in [5.74, 6) is 0. The summed E-state index contributed by atoms with van der Waals surface area (Å²) >= 11 is 10.2. The summed E-state index contributed by atoms with van der Waals surface area (Å²) in [6.45, 7) is 0. The Morgan fingerprint density at radius 2 is 1.79 bits per heavy atom. The molecule has 0 unspecified atom stereocenters. The molecule has 3 rings (SSSR count). The highest BCUT2D eigenvalue weighted by atomic mass is 79.9. The van der Waals surface area contributed by atoms with Crippen LogP contribution in [0.3, 0.4) is 0 Å². The van der Waals surface area contributed by atoms with Gasteiger partial charge < -0.3 is 0 Å². The number of aromatic nitrogens is 3. The van der Waals surface area contributed by atoms with Crippen LogP contribution in [0.25, 0.3) is 11.0 Å². The largest absolute Gasteiger partial charge is 0.416 e. The number of nitrogens with zero attached hydrogens (tertiary/aromatic N) is 3. The van der Waals surface area contributed by atoms with Gasteiger partial charge >= 0.3 is 6.18 Å². The van der Waals surface area contributed by atoms with Crippen molar-refractivity contribution in [3.05, 3.63) is 36.5 Å². The number of halogens is 6. The number of fused-ring (bicyclic) bond motifs is 1. The Bertz CT molecular complexity index is 1060. The summed E-state index contributed by atoms with van der Waals surface area (Å²) in [5, 5.41) is 8.73. The molecule has 3 aromatic rings. The molecule has 0 aliphatic carbocycles. The van der Waals surface area contributed by atoms with E-state index in [1.165, 1.54) is 5.38 Å². The Morgan fingerprint density at radius 1 is 1.12 bits per heavy atom. The average Bonchev–Trinajstić information content (AvgIpc) is 3.03. The van der Waals surface area contributed by atoms with Gasteiger partial charge in [0.05, 0.1) is 10.0 Å². The van der Waals surface area contributed by atoms with Gasteiger partial charge in [0, 0.05) is 14.3 Å². The van der Waals surface area contributed by atoms with E-state index < -0.39 is 21.8 Å². The van der Waals surface area contributed by atoms with Gasteiger partial charge in [0.1, 0.15) is 11.0 Å². The van der Waals surface area contributed by atoms with E-state index >= 15 is 0 Å². The number of rotatable bonds is 2. The van der Waals surface area contributed by atoms with Gasteiger partial charge in [-0.1, -0.05) is 5.21 Å². The van der Waals surface area contributed by atoms with Gasteiger partial charge in [0.15, 0.2) is 4.21 Å². The van der Waals surface area contributed by atoms with Crippen LogP contribution >= 0.6 is 59.1 Å². The van der Waals surface area contributed by atoms with Crippen LogP contribution in [0.2, 0.25) is 0 Å². The Kier molecular flexibility index (Phi) is 4.60. The molecular formula is C11H3Br3F3N3O2S2. The first kappa shape index (κ1) is 18.3. The summed E-state index contributed by atoms with van der Waals surface area (Å²) in [7, 11) is -4.21. The molecule has 0 spiro atoms. The highest BCUT2D eigenvalue weighted by Gasteiger charge is 2.34. The molecule has 24 heavy (non-hydrogen) atoms. The Labute approximate surface area is 162 Å². The maximum absolute atomic E-state index is 13.0. The molecule has 0 saturated carbocycles. The molecule has 5 nitrogen and oxygen atoms in total. The molecular weight excluding hydrogens is 567 g/mol. The van der Waals surface area contributed by atoms with Crippen LogP contribution in [0.4, 0.5) is 13.2 Å². The number of alkyl halides is 3. The number of benzene rings is 1. The molecule has 13 heteroatoms. The monoisotopic (exact) mass is 567 g/mol. The molecule has 0 N–H and O–H groups in total. The Balaban J connectivity index is 2.31. The standard InChI is InChI=1S/C11H3Br3F3N3O2S2/c12-5-1-4(11(15,16)17)2-7-9(5)18-19-20(7)24(21,22)10-8(14)6(13)3-23-10/h1-3H. The average molecular weight is 570 g/mol. The first-order valence-electron chi connectivity index (χ1n) is 5.83. The van der Waals surface area contributed by atoms with Gasteiger partial charge in [-0.05, 0) is 59.9 Å². The molecule has 0 aliphatic rings. The van der Waals surface area contributed by atoms with E-state index in [2.05, 4.69) is 58.1 Å². The molecule has 2 aromatic heterocycles. The van der Waals surface area contributed by atoms with Gasteiger partial charge in [-0.25, -0.2) is 0 Å². The minimum Gasteiger partial charge on any atom is -0.198 e. The van der Waals surface area contributed by atoms with E-state index in [1.54, 1.807) is 0 Å². The normalized spacial score (nSPS) is 12.9. The van der Waals surface area contributed by atoms with Gasteiger partial charge in [0.2, 0.25) is 0 Å². The summed E-state index contributed by atoms with van der Waals surface area (Å²) in [5.41, 5.74) is -1.27. The molecule has 0 radical (unpaired) electrons. The lowest BCUT2D eigenvalue weighted by Crippen LogP contribution is -2.14. The first-order valence-corrected chi connectivity index (χ1v) is 10.5. The zero-order chi connectivity index (χ0) is 17.9. The van der Waals surface area contributed by atoms with Crippen molar-refractivity contribution in [3.8, 4) is 0 Å². The second kappa shape index (κ2) is 6.04. The number of thiophene rings is 1. The number of hydrogen-bond acceptors (Lipinski definition) is 5. The summed E-state index contributed by atoms with van der Waals surface area (Å²) in [4.78, 5) is 0. The van der Waals surface area contributed by atoms with Crippen LogP contribution in [-0.4, -0.2) is 22.8 Å². The third-order valence-corrected chi connectivity index (χ3v) is 9.43. The highest BCUT2D eigenvalue weighted by Crippen LogP contribution is 2.39. The molecule has 128 valence electrons. The minimum absolute atomic E-state index is 0.000186. The second-order valence-electron chi connectivity index (χ2n) is 4.45. The molecule has 2 heterocycles. The van der Waals surface area contributed by atoms with E-state index in [1.807, 2.05) is 0 Å². The number of hydrogen-bond donors (Lipinski definition) is 0. The van der Waals surface area contributed by atoms with Gasteiger partial charge in [-0.15, -0.1) is 20.5 Å². The lowest BCUT2D eigenvalue weighted by molar-refractivity contribution is -0.137. The third kappa shape index (κ3) is 2.93. The van der Waals surface area contributed by atoms with Crippen molar-refractivity contribution in [1.82, 2.24) is 14.4 Å². The van der Waals surface area contributed by atoms with Crippen molar-refractivity contribution < 1.29 is 21.6 Å². The lowest BCUT2D eigenvalue weighted by atomic mass is 10.2. The predicted molar refractivity (Wildman–Crippen MR) is 92.5 cm³/mol. The molecule has 0 saturated heterocycles. The SMILES string of the molecule is O=S(=O)(c1scc(Br)c1Br)n1nnc2c(Br)cc(C(F)(F)F)cc21. The van der Waals surface area contributed by atoms with Crippen LogP contribution < -0.4 is 0 Å². The van der Waals surface area contributed by atoms with Crippen molar-refractivity contribution in [1.29, 1.82) is 0 Å². The predicted octanol–water partition coefficient (Wildman–Crippen LogP) is 5.04. The van der Waals surface area contributed by atoms with Crippen molar-refractivity contribution in [3.63, 3.8) is 0 Å². The van der Waals surface area contributed by atoms with Crippen molar-refractivity contribution in [2.75, 3.05) is 0 Å². The van der Waals surface area contributed by atoms with Crippen molar-refractivity contribution in [2.24, 2.45) is 0 Å². The molecule has 0 atom stereocenters. The van der Waals surface area contributed by atoms with Gasteiger partial charge in [-0.3, -0.25) is 0 Å².